The highest BCUT2D eigenvalue weighted by molar-refractivity contribution is 5.80. The van der Waals surface area contributed by atoms with Gasteiger partial charge in [-0.2, -0.15) is 0 Å². The number of rotatable bonds is 4. The number of carbonyl (C=O) groups is 1. The number of amides is 1. The van der Waals surface area contributed by atoms with Crippen LogP contribution in [-0.4, -0.2) is 25.5 Å². The zero-order valence-electron chi connectivity index (χ0n) is 10.2. The van der Waals surface area contributed by atoms with Gasteiger partial charge in [0, 0.05) is 7.05 Å². The van der Waals surface area contributed by atoms with Crippen molar-refractivity contribution >= 4 is 5.91 Å². The molecule has 0 radical (unpaired) electrons. The van der Waals surface area contributed by atoms with Gasteiger partial charge in [0.1, 0.15) is 0 Å². The zero-order valence-corrected chi connectivity index (χ0v) is 10.2. The van der Waals surface area contributed by atoms with E-state index >= 15 is 0 Å². The Morgan fingerprint density at radius 1 is 1.40 bits per heavy atom. The van der Waals surface area contributed by atoms with Gasteiger partial charge >= 0.3 is 0 Å². The van der Waals surface area contributed by atoms with E-state index in [2.05, 4.69) is 17.6 Å². The van der Waals surface area contributed by atoms with Gasteiger partial charge in [0.2, 0.25) is 5.91 Å². The summed E-state index contributed by atoms with van der Waals surface area (Å²) in [5.74, 6) is 1.65. The van der Waals surface area contributed by atoms with E-state index in [1.807, 2.05) is 6.92 Å². The van der Waals surface area contributed by atoms with Gasteiger partial charge in [0.15, 0.2) is 0 Å². The lowest BCUT2D eigenvalue weighted by Crippen LogP contribution is -2.43. The zero-order chi connectivity index (χ0) is 11.3. The van der Waals surface area contributed by atoms with Gasteiger partial charge in [-0.15, -0.1) is 0 Å². The molecule has 0 aromatic rings. The van der Waals surface area contributed by atoms with E-state index < -0.39 is 0 Å². The van der Waals surface area contributed by atoms with Crippen LogP contribution < -0.4 is 10.6 Å². The van der Waals surface area contributed by atoms with Crippen molar-refractivity contribution in [2.75, 3.05) is 13.6 Å². The highest BCUT2D eigenvalue weighted by Crippen LogP contribution is 2.28. The van der Waals surface area contributed by atoms with Crippen LogP contribution >= 0.6 is 0 Å². The van der Waals surface area contributed by atoms with Crippen molar-refractivity contribution in [1.29, 1.82) is 0 Å². The van der Waals surface area contributed by atoms with E-state index in [0.717, 1.165) is 18.4 Å². The molecule has 0 aliphatic heterocycles. The molecule has 3 nitrogen and oxygen atoms in total. The molecule has 0 spiro atoms. The third-order valence-corrected chi connectivity index (χ3v) is 3.62. The number of hydrogen-bond donors (Lipinski definition) is 2. The first-order chi connectivity index (χ1) is 7.15. The van der Waals surface area contributed by atoms with E-state index in [0.29, 0.717) is 0 Å². The molecule has 0 aromatic carbocycles. The lowest BCUT2D eigenvalue weighted by atomic mass is 9.80. The number of hydrogen-bond acceptors (Lipinski definition) is 2. The largest absolute Gasteiger partial charge is 0.358 e. The second-order valence-corrected chi connectivity index (χ2v) is 4.77. The van der Waals surface area contributed by atoms with Crippen LogP contribution in [0.3, 0.4) is 0 Å². The molecule has 0 heterocycles. The summed E-state index contributed by atoms with van der Waals surface area (Å²) < 4.78 is 0. The maximum absolute atomic E-state index is 11.3. The third-order valence-electron chi connectivity index (χ3n) is 3.62. The van der Waals surface area contributed by atoms with E-state index in [9.17, 15) is 4.79 Å². The first-order valence-electron chi connectivity index (χ1n) is 6.10. The second kappa shape index (κ2) is 6.11. The van der Waals surface area contributed by atoms with Gasteiger partial charge in [-0.25, -0.2) is 0 Å². The van der Waals surface area contributed by atoms with E-state index in [-0.39, 0.29) is 11.9 Å². The molecule has 1 fully saturated rings. The summed E-state index contributed by atoms with van der Waals surface area (Å²) in [7, 11) is 1.68. The topological polar surface area (TPSA) is 41.1 Å². The average Bonchev–Trinajstić information content (AvgIpc) is 2.26. The van der Waals surface area contributed by atoms with Crippen LogP contribution in [-0.2, 0) is 4.79 Å². The SMILES string of the molecule is CNC(=O)[C@@H](C)NCC1CCCCC1C. The van der Waals surface area contributed by atoms with Crippen molar-refractivity contribution < 1.29 is 4.79 Å². The van der Waals surface area contributed by atoms with E-state index in [1.54, 1.807) is 7.05 Å². The molecule has 88 valence electrons. The van der Waals surface area contributed by atoms with Crippen LogP contribution in [0.5, 0.6) is 0 Å². The van der Waals surface area contributed by atoms with Crippen molar-refractivity contribution in [3.63, 3.8) is 0 Å². The van der Waals surface area contributed by atoms with Crippen LogP contribution in [0.1, 0.15) is 39.5 Å². The quantitative estimate of drug-likeness (QED) is 0.742. The molecule has 1 amide bonds. The molecule has 15 heavy (non-hydrogen) atoms. The van der Waals surface area contributed by atoms with Crippen LogP contribution in [0, 0.1) is 11.8 Å². The molecule has 1 rings (SSSR count). The molecule has 2 N–H and O–H groups in total. The minimum absolute atomic E-state index is 0.0656. The predicted molar refractivity (Wildman–Crippen MR) is 62.7 cm³/mol. The standard InChI is InChI=1S/C12H24N2O/c1-9-6-4-5-7-11(9)8-14-10(2)12(15)13-3/h9-11,14H,4-8H2,1-3H3,(H,13,15)/t9?,10-,11?/m1/s1. The molecule has 1 saturated carbocycles. The third kappa shape index (κ3) is 3.82. The van der Waals surface area contributed by atoms with Crippen LogP contribution in [0.2, 0.25) is 0 Å². The Kier molecular flexibility index (Phi) is 5.09. The Labute approximate surface area is 93.0 Å². The first-order valence-corrected chi connectivity index (χ1v) is 6.10. The van der Waals surface area contributed by atoms with Crippen molar-refractivity contribution in [2.24, 2.45) is 11.8 Å². The fraction of sp³-hybridized carbons (Fsp3) is 0.917. The summed E-state index contributed by atoms with van der Waals surface area (Å²) in [5.41, 5.74) is 0. The van der Waals surface area contributed by atoms with Crippen molar-refractivity contribution in [2.45, 2.75) is 45.6 Å². The highest BCUT2D eigenvalue weighted by atomic mass is 16.2. The Hall–Kier alpha value is -0.570. The highest BCUT2D eigenvalue weighted by Gasteiger charge is 2.22. The summed E-state index contributed by atoms with van der Waals surface area (Å²) in [5, 5.41) is 5.98. The van der Waals surface area contributed by atoms with Crippen molar-refractivity contribution in [3.05, 3.63) is 0 Å². The Morgan fingerprint density at radius 3 is 2.67 bits per heavy atom. The van der Waals surface area contributed by atoms with E-state index in [1.165, 1.54) is 25.7 Å². The molecule has 3 heteroatoms. The first kappa shape index (κ1) is 12.5. The van der Waals surface area contributed by atoms with E-state index in [4.69, 9.17) is 0 Å². The maximum atomic E-state index is 11.3. The lowest BCUT2D eigenvalue weighted by Gasteiger charge is -2.29. The van der Waals surface area contributed by atoms with Crippen LogP contribution in [0.15, 0.2) is 0 Å². The van der Waals surface area contributed by atoms with Crippen LogP contribution in [0.25, 0.3) is 0 Å². The monoisotopic (exact) mass is 212 g/mol. The Bertz CT molecular complexity index is 206. The molecule has 0 saturated heterocycles. The molecule has 0 aromatic heterocycles. The maximum Gasteiger partial charge on any atom is 0.236 e. The lowest BCUT2D eigenvalue weighted by molar-refractivity contribution is -0.122. The number of carbonyl (C=O) groups excluding carboxylic acids is 1. The minimum atomic E-state index is -0.0656. The smallest absolute Gasteiger partial charge is 0.236 e. The van der Waals surface area contributed by atoms with Gasteiger partial charge in [-0.1, -0.05) is 26.2 Å². The summed E-state index contributed by atoms with van der Waals surface area (Å²) in [6, 6.07) is -0.0656. The van der Waals surface area contributed by atoms with Gasteiger partial charge < -0.3 is 10.6 Å². The normalized spacial score (nSPS) is 28.5. The summed E-state index contributed by atoms with van der Waals surface area (Å²) in [6.07, 6.45) is 5.39. The molecule has 1 aliphatic rings. The predicted octanol–water partition coefficient (Wildman–Crippen LogP) is 1.54. The molecule has 3 atom stereocenters. The number of nitrogens with one attached hydrogen (secondary N) is 2. The molecular weight excluding hydrogens is 188 g/mol. The summed E-state index contributed by atoms with van der Waals surface area (Å²) in [4.78, 5) is 11.3. The fourth-order valence-electron chi connectivity index (χ4n) is 2.33. The summed E-state index contributed by atoms with van der Waals surface area (Å²) in [6.45, 7) is 5.23. The molecule has 1 aliphatic carbocycles. The molecular formula is C12H24N2O. The second-order valence-electron chi connectivity index (χ2n) is 4.77. The minimum Gasteiger partial charge on any atom is -0.358 e. The van der Waals surface area contributed by atoms with Crippen molar-refractivity contribution in [3.8, 4) is 0 Å². The van der Waals surface area contributed by atoms with Gasteiger partial charge in [-0.3, -0.25) is 4.79 Å². The average molecular weight is 212 g/mol. The molecule has 0 bridgehead atoms. The summed E-state index contributed by atoms with van der Waals surface area (Å²) >= 11 is 0. The number of likely N-dealkylation sites (N-methyl/N-ethyl adjacent to an activating group) is 1. The van der Waals surface area contributed by atoms with Crippen molar-refractivity contribution in [1.82, 2.24) is 10.6 Å². The Balaban J connectivity index is 2.26. The van der Waals surface area contributed by atoms with Gasteiger partial charge in [-0.05, 0) is 31.7 Å². The van der Waals surface area contributed by atoms with Gasteiger partial charge in [0.05, 0.1) is 6.04 Å². The molecule has 2 unspecified atom stereocenters. The Morgan fingerprint density at radius 2 is 2.07 bits per heavy atom. The fourth-order valence-corrected chi connectivity index (χ4v) is 2.33. The van der Waals surface area contributed by atoms with Gasteiger partial charge in [0.25, 0.3) is 0 Å². The van der Waals surface area contributed by atoms with Crippen LogP contribution in [0.4, 0.5) is 0 Å².